The molecule has 2 aliphatic heterocycles. The predicted molar refractivity (Wildman–Crippen MR) is 348 cm³/mol. The van der Waals surface area contributed by atoms with Crippen LogP contribution in [0.2, 0.25) is 0 Å². The number of anilines is 5. The Morgan fingerprint density at radius 1 is 0.494 bits per heavy atom. The van der Waals surface area contributed by atoms with Gasteiger partial charge in [0.05, 0.1) is 34.0 Å². The van der Waals surface area contributed by atoms with Crippen molar-refractivity contribution in [1.82, 2.24) is 9.13 Å². The third-order valence-electron chi connectivity index (χ3n) is 19.2. The molecule has 0 saturated heterocycles. The predicted octanol–water partition coefficient (Wildman–Crippen LogP) is 22.3. The van der Waals surface area contributed by atoms with E-state index in [9.17, 15) is 0 Å². The van der Waals surface area contributed by atoms with E-state index in [1.807, 2.05) is 23.5 Å². The Hall–Kier alpha value is -4.88. The Kier molecular flexibility index (Phi) is 18.7. The number of allylic oxidation sites excluding steroid dienone is 1. The molecule has 6 aliphatic rings. The summed E-state index contributed by atoms with van der Waals surface area (Å²) < 4.78 is 4.91. The third kappa shape index (κ3) is 11.5. The minimum absolute atomic E-state index is 0. The average molecular weight is 1230 g/mol. The van der Waals surface area contributed by atoms with Gasteiger partial charge in [-0.25, -0.2) is 0 Å². The second-order valence-corrected chi connectivity index (χ2v) is 29.5. The van der Waals surface area contributed by atoms with Crippen molar-refractivity contribution in [3.05, 3.63) is 214 Å². The number of fused-ring (bicyclic) bond motifs is 8. The van der Waals surface area contributed by atoms with E-state index in [4.69, 9.17) is 17.0 Å². The van der Waals surface area contributed by atoms with Crippen molar-refractivity contribution in [2.45, 2.75) is 112 Å². The van der Waals surface area contributed by atoms with Crippen LogP contribution in [-0.2, 0) is 27.3 Å². The van der Waals surface area contributed by atoms with Gasteiger partial charge < -0.3 is 33.8 Å². The summed E-state index contributed by atoms with van der Waals surface area (Å²) in [4.78, 5) is 10.6. The molecule has 9 heteroatoms. The Morgan fingerprint density at radius 3 is 1.53 bits per heavy atom. The Balaban J connectivity index is 0.000000147. The first-order valence-corrected chi connectivity index (χ1v) is 36.7. The van der Waals surface area contributed by atoms with E-state index in [1.165, 1.54) is 118 Å². The molecule has 3 saturated carbocycles. The van der Waals surface area contributed by atoms with E-state index in [2.05, 4.69) is 256 Å². The molecule has 0 N–H and O–H groups in total. The normalized spacial score (nSPS) is 24.3. The second-order valence-electron chi connectivity index (χ2n) is 23.6. The topological polar surface area (TPSA) is 16.3 Å². The van der Waals surface area contributed by atoms with Gasteiger partial charge >= 0.3 is 37.9 Å². The molecular formula is C72H78Cl2N4S2Zr. The molecule has 416 valence electrons. The number of nitrogens with zero attached hydrogens (tertiary/aromatic N) is 4. The molecule has 0 bridgehead atoms. The summed E-state index contributed by atoms with van der Waals surface area (Å²) in [6, 6.07) is 63.4. The van der Waals surface area contributed by atoms with Crippen LogP contribution in [0.3, 0.4) is 0 Å². The molecule has 9 aromatic rings. The van der Waals surface area contributed by atoms with E-state index in [-0.39, 0.29) is 14.9 Å². The summed E-state index contributed by atoms with van der Waals surface area (Å²) in [5, 5.41) is 2.62. The number of para-hydroxylation sites is 6. The summed E-state index contributed by atoms with van der Waals surface area (Å²) >= 11 is 2.96. The molecule has 15 rings (SSSR count). The van der Waals surface area contributed by atoms with Crippen LogP contribution in [0, 0.1) is 62.2 Å². The van der Waals surface area contributed by atoms with Crippen molar-refractivity contribution in [3.8, 4) is 5.69 Å². The van der Waals surface area contributed by atoms with Crippen molar-refractivity contribution in [1.29, 1.82) is 0 Å². The number of halogens is 2. The standard InChI is InChI=1S/C30H30N2S.C30H22N2S.C10H20.2CH3.2ClH.Zr/c2*1-20-16-22-18-23(31-15-14-21-8-2-3-9-25(21)31)19-28(24(22)17-20)32-26-10-4-6-12-29(26)33-30-13-7-5-11-27(30)32;1-6-7(2)9(4)10(5)8(6)3;;;;;/h2-15,20,22-24,28H,16-19H2,1H3;2-16,18-19H,17H2,1H3;6-10H,1-5H3;2*1H3;2*1H;/q;;;2*-1;;;+4/p-2. The number of aromatic nitrogens is 2. The van der Waals surface area contributed by atoms with Gasteiger partial charge in [-0.05, 0) is 193 Å². The van der Waals surface area contributed by atoms with Gasteiger partial charge in [0.1, 0.15) is 0 Å². The molecule has 5 atom stereocenters. The summed E-state index contributed by atoms with van der Waals surface area (Å²) in [6.45, 7) is 16.7. The Morgan fingerprint density at radius 2 is 0.963 bits per heavy atom. The fourth-order valence-electron chi connectivity index (χ4n) is 14.7. The quantitative estimate of drug-likeness (QED) is 0.163. The zero-order valence-electron chi connectivity index (χ0n) is 48.6. The van der Waals surface area contributed by atoms with Gasteiger partial charge in [0.25, 0.3) is 0 Å². The molecule has 0 radical (unpaired) electrons. The van der Waals surface area contributed by atoms with Gasteiger partial charge in [0.15, 0.2) is 0 Å². The monoisotopic (exact) mass is 1220 g/mol. The number of hydrogen-bond acceptors (Lipinski definition) is 4. The SMILES string of the molecule is CC1=Cc2cc(-n3ccc4ccccc43)cc(N3c4ccccc4Sc4ccccc43)c2C1.CC1C(C)C(C)C(C)C1C.CC1CC2CC(n3ccc4ccccc43)CC(N3c4ccccc4Sc4ccccc43)C2C1.[CH3-].[CH3-].[Cl][Zr+2][Cl]. The van der Waals surface area contributed by atoms with Gasteiger partial charge in [-0.1, -0.05) is 162 Å². The van der Waals surface area contributed by atoms with E-state index < -0.39 is 20.8 Å². The summed E-state index contributed by atoms with van der Waals surface area (Å²) in [6.07, 6.45) is 13.1. The number of benzene rings is 7. The molecule has 4 heterocycles. The Bertz CT molecular complexity index is 3540. The fourth-order valence-corrected chi connectivity index (χ4v) is 16.8. The zero-order valence-corrected chi connectivity index (χ0v) is 54.2. The molecule has 4 aliphatic carbocycles. The molecule has 81 heavy (non-hydrogen) atoms. The average Bonchev–Trinajstić information content (AvgIpc) is 4.38. The van der Waals surface area contributed by atoms with Crippen LogP contribution in [-0.4, -0.2) is 15.2 Å². The molecule has 0 amide bonds. The first-order valence-electron chi connectivity index (χ1n) is 28.7. The van der Waals surface area contributed by atoms with E-state index in [1.54, 1.807) is 0 Å². The first kappa shape index (κ1) is 59.3. The van der Waals surface area contributed by atoms with Crippen LogP contribution >= 0.6 is 40.5 Å². The van der Waals surface area contributed by atoms with Gasteiger partial charge in [-0.2, -0.15) is 0 Å². The second kappa shape index (κ2) is 25.5. The van der Waals surface area contributed by atoms with Crippen LogP contribution in [0.1, 0.15) is 91.3 Å². The van der Waals surface area contributed by atoms with Crippen molar-refractivity contribution in [3.63, 3.8) is 0 Å². The molecule has 7 aromatic carbocycles. The molecule has 4 nitrogen and oxygen atoms in total. The van der Waals surface area contributed by atoms with Crippen molar-refractivity contribution >= 4 is 96.9 Å². The van der Waals surface area contributed by atoms with Crippen LogP contribution < -0.4 is 9.80 Å². The van der Waals surface area contributed by atoms with E-state index in [0.717, 1.165) is 53.8 Å². The van der Waals surface area contributed by atoms with Crippen molar-refractivity contribution < 1.29 is 20.8 Å². The van der Waals surface area contributed by atoms with Crippen LogP contribution in [0.4, 0.5) is 28.4 Å². The van der Waals surface area contributed by atoms with Gasteiger partial charge in [0.2, 0.25) is 0 Å². The maximum absolute atomic E-state index is 4.93. The van der Waals surface area contributed by atoms with Crippen LogP contribution in [0.25, 0.3) is 33.6 Å². The van der Waals surface area contributed by atoms with Crippen molar-refractivity contribution in [2.75, 3.05) is 9.80 Å². The minimum atomic E-state index is -0.826. The van der Waals surface area contributed by atoms with Gasteiger partial charge in [-0.3, -0.25) is 0 Å². The number of rotatable bonds is 4. The molecule has 0 spiro atoms. The maximum atomic E-state index is 4.93. The molecule has 3 fully saturated rings. The Labute approximate surface area is 511 Å². The van der Waals surface area contributed by atoms with E-state index >= 15 is 0 Å². The van der Waals surface area contributed by atoms with Crippen molar-refractivity contribution in [2.24, 2.45) is 47.3 Å². The van der Waals surface area contributed by atoms with Gasteiger partial charge in [-0.15, -0.1) is 0 Å². The zero-order chi connectivity index (χ0) is 54.5. The third-order valence-corrected chi connectivity index (χ3v) is 21.5. The van der Waals surface area contributed by atoms with Gasteiger partial charge in [0, 0.05) is 55.3 Å². The molecule has 5 unspecified atom stereocenters. The molecule has 2 aromatic heterocycles. The number of hydrogen-bond donors (Lipinski definition) is 0. The molecular weight excluding hydrogens is 1150 g/mol. The van der Waals surface area contributed by atoms with Crippen LogP contribution in [0.15, 0.2) is 207 Å². The first-order chi connectivity index (χ1) is 38.5. The summed E-state index contributed by atoms with van der Waals surface area (Å²) in [5.74, 6) is 7.07. The van der Waals surface area contributed by atoms with Crippen LogP contribution in [0.5, 0.6) is 0 Å². The van der Waals surface area contributed by atoms with E-state index in [0.29, 0.717) is 12.1 Å². The fraction of sp³-hybridized carbons (Fsp3) is 0.306. The summed E-state index contributed by atoms with van der Waals surface area (Å²) in [5.41, 5.74) is 14.6. The summed E-state index contributed by atoms with van der Waals surface area (Å²) in [7, 11) is 9.87.